The molecule has 0 spiro atoms. The van der Waals surface area contributed by atoms with E-state index in [4.69, 9.17) is 4.74 Å². The maximum Gasteiger partial charge on any atom is 0.130 e. The van der Waals surface area contributed by atoms with Crippen molar-refractivity contribution in [2.45, 2.75) is 37.6 Å². The van der Waals surface area contributed by atoms with Crippen LogP contribution in [0.5, 0.6) is 5.75 Å². The molecule has 1 saturated heterocycles. The summed E-state index contributed by atoms with van der Waals surface area (Å²) in [4.78, 5) is 0. The van der Waals surface area contributed by atoms with Gasteiger partial charge < -0.3 is 15.4 Å². The molecule has 0 radical (unpaired) electrons. The molecule has 5 heteroatoms. The third-order valence-corrected chi connectivity index (χ3v) is 4.91. The normalized spacial score (nSPS) is 18.4. The van der Waals surface area contributed by atoms with Crippen LogP contribution >= 0.6 is 0 Å². The predicted molar refractivity (Wildman–Crippen MR) is 95.5 cm³/mol. The van der Waals surface area contributed by atoms with Gasteiger partial charge in [0.05, 0.1) is 19.0 Å². The van der Waals surface area contributed by atoms with Crippen molar-refractivity contribution in [3.63, 3.8) is 0 Å². The maximum absolute atomic E-state index is 5.63. The summed E-state index contributed by atoms with van der Waals surface area (Å²) in [6, 6.07) is 8.96. The first-order valence-corrected chi connectivity index (χ1v) is 8.82. The van der Waals surface area contributed by atoms with Crippen molar-refractivity contribution in [3.8, 4) is 17.0 Å². The van der Waals surface area contributed by atoms with E-state index in [9.17, 15) is 0 Å². The molecule has 2 aromatic rings. The maximum atomic E-state index is 5.63. The molecule has 0 amide bonds. The van der Waals surface area contributed by atoms with Gasteiger partial charge in [-0.2, -0.15) is 10.2 Å². The van der Waals surface area contributed by atoms with Crippen LogP contribution in [0.2, 0.25) is 0 Å². The molecule has 2 fully saturated rings. The Bertz CT molecular complexity index is 708. The number of ether oxygens (including phenoxy) is 1. The first kappa shape index (κ1) is 15.4. The van der Waals surface area contributed by atoms with Crippen LogP contribution < -0.4 is 15.4 Å². The highest BCUT2D eigenvalue weighted by Crippen LogP contribution is 2.41. The van der Waals surface area contributed by atoms with E-state index < -0.39 is 0 Å². The Morgan fingerprint density at radius 2 is 1.96 bits per heavy atom. The Kier molecular flexibility index (Phi) is 4.34. The Morgan fingerprint density at radius 1 is 1.12 bits per heavy atom. The van der Waals surface area contributed by atoms with Gasteiger partial charge >= 0.3 is 0 Å². The summed E-state index contributed by atoms with van der Waals surface area (Å²) >= 11 is 0. The van der Waals surface area contributed by atoms with Crippen LogP contribution in [0, 0.1) is 0 Å². The van der Waals surface area contributed by atoms with Gasteiger partial charge in [0.2, 0.25) is 0 Å². The van der Waals surface area contributed by atoms with E-state index in [1.807, 2.05) is 6.20 Å². The molecule has 1 aliphatic heterocycles. The fourth-order valence-corrected chi connectivity index (χ4v) is 3.35. The van der Waals surface area contributed by atoms with Gasteiger partial charge in [-0.25, -0.2) is 0 Å². The molecule has 2 heterocycles. The molecular weight excluding hydrogens is 300 g/mol. The second-order valence-electron chi connectivity index (χ2n) is 6.73. The van der Waals surface area contributed by atoms with E-state index >= 15 is 0 Å². The van der Waals surface area contributed by atoms with Gasteiger partial charge in [0, 0.05) is 23.4 Å². The zero-order valence-corrected chi connectivity index (χ0v) is 14.1. The lowest BCUT2D eigenvalue weighted by Crippen LogP contribution is -2.35. The van der Waals surface area contributed by atoms with Crippen LogP contribution in [0.15, 0.2) is 30.5 Å². The van der Waals surface area contributed by atoms with E-state index in [2.05, 4.69) is 45.1 Å². The van der Waals surface area contributed by atoms with Crippen molar-refractivity contribution in [1.82, 2.24) is 15.5 Å². The van der Waals surface area contributed by atoms with E-state index in [-0.39, 0.29) is 0 Å². The summed E-state index contributed by atoms with van der Waals surface area (Å²) in [5.74, 6) is 1.52. The number of benzene rings is 1. The van der Waals surface area contributed by atoms with Crippen molar-refractivity contribution in [1.29, 1.82) is 0 Å². The average molecular weight is 324 g/mol. The first-order chi connectivity index (χ1) is 11.8. The first-order valence-electron chi connectivity index (χ1n) is 8.82. The minimum Gasteiger partial charge on any atom is -0.496 e. The number of piperidine rings is 1. The fraction of sp³-hybridized carbons (Fsp3) is 0.474. The highest BCUT2D eigenvalue weighted by atomic mass is 16.5. The van der Waals surface area contributed by atoms with Crippen molar-refractivity contribution in [2.24, 2.45) is 0 Å². The van der Waals surface area contributed by atoms with Crippen molar-refractivity contribution in [3.05, 3.63) is 36.0 Å². The molecule has 0 atom stereocenters. The number of aromatic nitrogens is 2. The van der Waals surface area contributed by atoms with Gasteiger partial charge in [-0.1, -0.05) is 0 Å². The van der Waals surface area contributed by atoms with Gasteiger partial charge in [0.1, 0.15) is 5.75 Å². The molecule has 2 N–H and O–H groups in total. The third-order valence-electron chi connectivity index (χ3n) is 4.91. The third kappa shape index (κ3) is 3.36. The van der Waals surface area contributed by atoms with Crippen LogP contribution in [0.1, 0.15) is 37.2 Å². The van der Waals surface area contributed by atoms with Crippen LogP contribution in [0.25, 0.3) is 11.3 Å². The molecule has 0 bridgehead atoms. The lowest BCUT2D eigenvalue weighted by atomic mass is 10.0. The summed E-state index contributed by atoms with van der Waals surface area (Å²) in [5.41, 5.74) is 4.29. The number of rotatable bonds is 5. The number of methoxy groups -OCH3 is 1. The van der Waals surface area contributed by atoms with Gasteiger partial charge in [-0.3, -0.25) is 0 Å². The van der Waals surface area contributed by atoms with Crippen molar-refractivity contribution < 1.29 is 4.74 Å². The highest BCUT2D eigenvalue weighted by Gasteiger charge is 2.24. The number of hydrogen-bond acceptors (Lipinski definition) is 5. The molecule has 1 aromatic heterocycles. The Balaban J connectivity index is 1.58. The number of nitrogens with one attached hydrogen (secondary N) is 2. The zero-order valence-electron chi connectivity index (χ0n) is 14.1. The second-order valence-corrected chi connectivity index (χ2v) is 6.73. The SMILES string of the molecule is COc1cc(NC2CCNCC2)ccc1-c1cc(C2CC2)cnn1. The molecule has 24 heavy (non-hydrogen) atoms. The summed E-state index contributed by atoms with van der Waals surface area (Å²) in [5, 5.41) is 15.5. The largest absolute Gasteiger partial charge is 0.496 e. The molecule has 0 unspecified atom stereocenters. The van der Waals surface area contributed by atoms with Crippen LogP contribution in [-0.2, 0) is 0 Å². The highest BCUT2D eigenvalue weighted by molar-refractivity contribution is 5.71. The molecule has 1 saturated carbocycles. The van der Waals surface area contributed by atoms with Gasteiger partial charge in [-0.05, 0) is 68.5 Å². The van der Waals surface area contributed by atoms with Crippen molar-refractivity contribution >= 4 is 5.69 Å². The molecule has 1 aliphatic carbocycles. The lowest BCUT2D eigenvalue weighted by molar-refractivity contribution is 0.416. The average Bonchev–Trinajstić information content (AvgIpc) is 3.48. The molecule has 126 valence electrons. The lowest BCUT2D eigenvalue weighted by Gasteiger charge is -2.25. The van der Waals surface area contributed by atoms with E-state index in [1.165, 1.54) is 18.4 Å². The molecule has 4 rings (SSSR count). The van der Waals surface area contributed by atoms with E-state index in [0.717, 1.165) is 48.6 Å². The van der Waals surface area contributed by atoms with Gasteiger partial charge in [0.25, 0.3) is 0 Å². The zero-order chi connectivity index (χ0) is 16.4. The minimum atomic E-state index is 0.528. The number of hydrogen-bond donors (Lipinski definition) is 2. The number of nitrogens with zero attached hydrogens (tertiary/aromatic N) is 2. The van der Waals surface area contributed by atoms with E-state index in [0.29, 0.717) is 12.0 Å². The summed E-state index contributed by atoms with van der Waals surface area (Å²) < 4.78 is 5.63. The fourth-order valence-electron chi connectivity index (χ4n) is 3.35. The molecular formula is C19H24N4O. The Hall–Kier alpha value is -2.14. The van der Waals surface area contributed by atoms with Crippen LogP contribution in [-0.4, -0.2) is 36.4 Å². The Morgan fingerprint density at radius 3 is 2.71 bits per heavy atom. The minimum absolute atomic E-state index is 0.528. The summed E-state index contributed by atoms with van der Waals surface area (Å²) in [7, 11) is 1.71. The van der Waals surface area contributed by atoms with Crippen LogP contribution in [0.3, 0.4) is 0 Å². The van der Waals surface area contributed by atoms with Gasteiger partial charge in [0.15, 0.2) is 0 Å². The monoisotopic (exact) mass is 324 g/mol. The molecule has 5 nitrogen and oxygen atoms in total. The summed E-state index contributed by atoms with van der Waals surface area (Å²) in [6.07, 6.45) is 6.72. The molecule has 1 aromatic carbocycles. The Labute approximate surface area is 142 Å². The van der Waals surface area contributed by atoms with Crippen molar-refractivity contribution in [2.75, 3.05) is 25.5 Å². The molecule has 2 aliphatic rings. The van der Waals surface area contributed by atoms with E-state index in [1.54, 1.807) is 7.11 Å². The predicted octanol–water partition coefficient (Wildman–Crippen LogP) is 3.19. The topological polar surface area (TPSA) is 59.1 Å². The van der Waals surface area contributed by atoms with Gasteiger partial charge in [-0.15, -0.1) is 0 Å². The standard InChI is InChI=1S/C19H24N4O/c1-24-19-11-16(22-15-6-8-20-9-7-15)4-5-17(19)18-10-14(12-21-23-18)13-2-3-13/h4-5,10-13,15,20,22H,2-3,6-9H2,1H3. The summed E-state index contributed by atoms with van der Waals surface area (Å²) in [6.45, 7) is 2.16. The number of anilines is 1. The smallest absolute Gasteiger partial charge is 0.130 e. The second kappa shape index (κ2) is 6.77. The van der Waals surface area contributed by atoms with Crippen LogP contribution in [0.4, 0.5) is 5.69 Å². The quantitative estimate of drug-likeness (QED) is 0.884.